The standard InChI is InChI=1S/2C7H7FO2.4C7H7FO.C7H9NO.2C6H4ClFO.2C6H5ClO.2C6H4F2O.3C6H5FO.C6H7NO/c1-10-5-2-3-7(9)6(8)4-5;1-10-7-3-2-5(9)4-6(7)8;2*1-5-2-6(8)4-7(9)3-5;1-5-2-3-6(8)4-7(5)9;1-5-2-3-6(8)7(9)4-5;1-8-6-4-2-3-5-7(6)9;7-5-3-4(9)1-2-6(5)8;7-5-2-1-4(9)3-6(5)8;7-5-1-3-6(8)4-2-5;7-5-2-1-3-6(8)4-5;7-5-2-1-4(9)3-6(5)8;7-4-2-1-3-5(9)6(4)8;7-5-1-3-6(8)4-2-5;7-5-2-1-3-6(8)4-5;2*7-5-3-1-2-4-6(5)8/h2*2-4,9H,1H3;4*2-4,9H,1H3;2-5,8-9H,1H3;2*1-3,9H;2*1-4,8H;2*1-3,9H;3*1-4,8H;1-4,8H,7H2. The first-order valence-electron chi connectivity index (χ1n) is 41.8. The van der Waals surface area contributed by atoms with Gasteiger partial charge in [0.1, 0.15) is 121 Å². The zero-order valence-corrected chi connectivity index (χ0v) is 82.2. The summed E-state index contributed by atoms with van der Waals surface area (Å²) in [4.78, 5) is 0. The van der Waals surface area contributed by atoms with Crippen molar-refractivity contribution in [1.82, 2.24) is 0 Å². The van der Waals surface area contributed by atoms with Gasteiger partial charge in [-0.25, -0.2) is 61.5 Å². The fourth-order valence-corrected chi connectivity index (χ4v) is 9.92. The molecule has 0 heterocycles. The maximum absolute atomic E-state index is 12.6. The number of para-hydroxylation sites is 5. The minimum atomic E-state index is -1.20. The number of aromatic hydroxyl groups is 17. The first-order valence-corrected chi connectivity index (χ1v) is 43.3. The molecule has 0 aliphatic heterocycles. The summed E-state index contributed by atoms with van der Waals surface area (Å²) in [6.07, 6.45) is 0. The second-order valence-electron chi connectivity index (χ2n) is 28.6. The maximum Gasteiger partial charge on any atom is 0.200 e. The second kappa shape index (κ2) is 71.2. The zero-order valence-electron chi connectivity index (χ0n) is 79.2. The molecule has 0 spiro atoms. The molecular formula is C109H99Cl4F15N2O19. The first-order chi connectivity index (χ1) is 70.1. The number of nitrogens with one attached hydrogen (secondary N) is 1. The van der Waals surface area contributed by atoms with Crippen LogP contribution in [0.5, 0.6) is 109 Å². The molecule has 21 nitrogen and oxygen atoms in total. The van der Waals surface area contributed by atoms with Gasteiger partial charge in [-0.1, -0.05) is 113 Å². The van der Waals surface area contributed by atoms with Gasteiger partial charge >= 0.3 is 0 Å². The van der Waals surface area contributed by atoms with Crippen molar-refractivity contribution in [3.63, 3.8) is 0 Å². The number of halogens is 19. The number of methoxy groups -OCH3 is 2. The summed E-state index contributed by atoms with van der Waals surface area (Å²) in [7, 11) is 4.58. The predicted molar refractivity (Wildman–Crippen MR) is 543 cm³/mol. The number of rotatable bonds is 3. The number of aryl methyl sites for hydroxylation is 4. The van der Waals surface area contributed by atoms with Gasteiger partial charge in [0.2, 0.25) is 0 Å². The Morgan fingerprint density at radius 2 is 0.651 bits per heavy atom. The molecule has 0 unspecified atom stereocenters. The Bertz CT molecular complexity index is 6130. The Morgan fingerprint density at radius 3 is 1.01 bits per heavy atom. The van der Waals surface area contributed by atoms with Crippen molar-refractivity contribution in [1.29, 1.82) is 0 Å². The number of phenolic OH excluding ortho intramolecular Hbond substituents is 17. The van der Waals surface area contributed by atoms with Gasteiger partial charge in [-0.15, -0.1) is 0 Å². The number of anilines is 2. The topological polar surface area (TPSA) is 400 Å². The average molecular weight is 2170 g/mol. The molecule has 0 saturated carbocycles. The largest absolute Gasteiger partial charge is 0.508 e. The molecule has 17 rings (SSSR count). The van der Waals surface area contributed by atoms with Crippen molar-refractivity contribution < 1.29 is 162 Å². The molecule has 40 heteroatoms. The van der Waals surface area contributed by atoms with E-state index in [1.807, 2.05) is 12.1 Å². The van der Waals surface area contributed by atoms with E-state index in [-0.39, 0.29) is 108 Å². The van der Waals surface area contributed by atoms with Crippen LogP contribution in [-0.2, 0) is 0 Å². The fraction of sp³-hybridized carbons (Fsp3) is 0.0642. The van der Waals surface area contributed by atoms with Crippen molar-refractivity contribution in [3.8, 4) is 109 Å². The summed E-state index contributed by atoms with van der Waals surface area (Å²) in [5.74, 6) is -10.3. The Hall–Kier alpha value is -17.4. The molecule has 17 aromatic rings. The minimum absolute atomic E-state index is 0.00926. The van der Waals surface area contributed by atoms with E-state index in [4.69, 9.17) is 144 Å². The molecule has 0 fully saturated rings. The third kappa shape index (κ3) is 59.5. The molecule has 792 valence electrons. The second-order valence-corrected chi connectivity index (χ2v) is 30.2. The van der Waals surface area contributed by atoms with Gasteiger partial charge < -0.3 is 107 Å². The van der Waals surface area contributed by atoms with Crippen LogP contribution < -0.4 is 20.5 Å². The lowest BCUT2D eigenvalue weighted by Crippen LogP contribution is -1.86. The summed E-state index contributed by atoms with van der Waals surface area (Å²) in [5, 5.41) is 152. The van der Waals surface area contributed by atoms with Gasteiger partial charge in [-0.05, 0) is 280 Å². The van der Waals surface area contributed by atoms with Crippen molar-refractivity contribution in [2.75, 3.05) is 32.3 Å². The van der Waals surface area contributed by atoms with Crippen LogP contribution in [0.3, 0.4) is 0 Å². The molecule has 0 radical (unpaired) electrons. The van der Waals surface area contributed by atoms with Crippen molar-refractivity contribution in [3.05, 3.63) is 481 Å². The molecule has 0 aliphatic carbocycles. The number of hydrogen-bond donors (Lipinski definition) is 19. The quantitative estimate of drug-likeness (QED) is 0.0444. The highest BCUT2D eigenvalue weighted by molar-refractivity contribution is 6.31. The van der Waals surface area contributed by atoms with Crippen LogP contribution in [-0.4, -0.2) is 108 Å². The van der Waals surface area contributed by atoms with Crippen LogP contribution in [0, 0.1) is 115 Å². The number of ether oxygens (including phenoxy) is 2. The van der Waals surface area contributed by atoms with E-state index in [2.05, 4.69) is 10.1 Å². The van der Waals surface area contributed by atoms with Crippen LogP contribution in [0.15, 0.2) is 352 Å². The normalized spacial score (nSPS) is 9.36. The number of hydrogen-bond acceptors (Lipinski definition) is 21. The Balaban J connectivity index is 0.000000792. The van der Waals surface area contributed by atoms with E-state index in [0.29, 0.717) is 32.8 Å². The van der Waals surface area contributed by atoms with E-state index >= 15 is 0 Å². The number of nitrogen functional groups attached to an aromatic ring is 1. The Labute approximate surface area is 865 Å². The van der Waals surface area contributed by atoms with E-state index in [1.54, 1.807) is 126 Å². The van der Waals surface area contributed by atoms with E-state index in [0.717, 1.165) is 107 Å². The van der Waals surface area contributed by atoms with Gasteiger partial charge in [0.25, 0.3) is 0 Å². The fourth-order valence-electron chi connectivity index (χ4n) is 9.32. The first kappa shape index (κ1) is 130. The molecule has 0 saturated heterocycles. The van der Waals surface area contributed by atoms with Gasteiger partial charge in [0.15, 0.2) is 75.3 Å². The number of nitrogens with two attached hydrogens (primary N) is 1. The van der Waals surface area contributed by atoms with E-state index in [9.17, 15) is 65.9 Å². The zero-order chi connectivity index (χ0) is 113. The summed E-state index contributed by atoms with van der Waals surface area (Å²) < 4.78 is 192. The lowest BCUT2D eigenvalue weighted by molar-refractivity contribution is 0.382. The third-order valence-corrected chi connectivity index (χ3v) is 17.6. The smallest absolute Gasteiger partial charge is 0.200 e. The molecule has 149 heavy (non-hydrogen) atoms. The summed E-state index contributed by atoms with van der Waals surface area (Å²) >= 11 is 21.6. The summed E-state index contributed by atoms with van der Waals surface area (Å²) in [6.45, 7) is 6.96. The summed E-state index contributed by atoms with van der Waals surface area (Å²) in [5.41, 5.74) is 9.46. The van der Waals surface area contributed by atoms with Crippen molar-refractivity contribution in [2.45, 2.75) is 27.7 Å². The third-order valence-electron chi connectivity index (χ3n) is 16.5. The van der Waals surface area contributed by atoms with Crippen molar-refractivity contribution in [2.24, 2.45) is 0 Å². The van der Waals surface area contributed by atoms with Crippen molar-refractivity contribution >= 4 is 57.8 Å². The number of benzene rings is 17. The molecule has 0 aromatic heterocycles. The van der Waals surface area contributed by atoms with Gasteiger partial charge in [-0.3, -0.25) is 0 Å². The van der Waals surface area contributed by atoms with Crippen LogP contribution in [0.1, 0.15) is 22.3 Å². The maximum atomic E-state index is 12.6. The van der Waals surface area contributed by atoms with E-state index in [1.165, 1.54) is 178 Å². The average Bonchev–Trinajstić information content (AvgIpc) is 0.528. The molecular weight excluding hydrogens is 2070 g/mol. The van der Waals surface area contributed by atoms with E-state index < -0.39 is 87.2 Å². The summed E-state index contributed by atoms with van der Waals surface area (Å²) in [6, 6.07) is 79.1. The lowest BCUT2D eigenvalue weighted by Gasteiger charge is -1.99. The number of phenols is 17. The van der Waals surface area contributed by atoms with Gasteiger partial charge in [-0.2, -0.15) is 4.39 Å². The molecule has 20 N–H and O–H groups in total. The molecule has 0 amide bonds. The Morgan fingerprint density at radius 1 is 0.228 bits per heavy atom. The van der Waals surface area contributed by atoms with Gasteiger partial charge in [0.05, 0.1) is 35.6 Å². The highest BCUT2D eigenvalue weighted by Gasteiger charge is 2.08. The monoisotopic (exact) mass is 2160 g/mol. The van der Waals surface area contributed by atoms with Gasteiger partial charge in [0, 0.05) is 71.7 Å². The SMILES string of the molecule is CNc1ccccc1O.COc1ccc(O)c(F)c1.COc1ccc(O)cc1F.Cc1cc(O)cc(F)c1.Cc1cc(O)cc(F)c1.Cc1ccc(F)c(O)c1.Cc1ccc(F)cc1O.Nc1ccccc1O.Oc1ccc(Cl)c(F)c1.Oc1ccc(Cl)cc1.Oc1ccc(F)c(Cl)c1.Oc1ccc(F)c(F)c1.Oc1ccc(F)cc1.Oc1cccc(Cl)c1.Oc1cccc(F)c1.Oc1cccc(F)c1F.Oc1ccccc1F. The van der Waals surface area contributed by atoms with Crippen LogP contribution in [0.2, 0.25) is 20.1 Å². The molecule has 0 aliphatic rings. The highest BCUT2D eigenvalue weighted by Crippen LogP contribution is 2.28. The Kier molecular flexibility index (Phi) is 61.9. The molecule has 17 aromatic carbocycles. The van der Waals surface area contributed by atoms with Crippen LogP contribution >= 0.6 is 46.4 Å². The predicted octanol–water partition coefficient (Wildman–Crippen LogP) is 29.2. The lowest BCUT2D eigenvalue weighted by atomic mass is 10.2. The van der Waals surface area contributed by atoms with Crippen LogP contribution in [0.4, 0.5) is 77.2 Å². The highest BCUT2D eigenvalue weighted by atomic mass is 35.5. The van der Waals surface area contributed by atoms with Crippen LogP contribution in [0.25, 0.3) is 0 Å². The molecule has 0 bridgehead atoms. The molecule has 0 atom stereocenters. The minimum Gasteiger partial charge on any atom is -0.508 e.